The van der Waals surface area contributed by atoms with Crippen molar-refractivity contribution in [3.63, 3.8) is 0 Å². The third-order valence-corrected chi connectivity index (χ3v) is 3.34. The van der Waals surface area contributed by atoms with Crippen LogP contribution in [-0.2, 0) is 14.6 Å². The molecule has 1 aromatic heterocycles. The maximum atomic E-state index is 11.3. The van der Waals surface area contributed by atoms with Crippen LogP contribution in [0.15, 0.2) is 12.1 Å². The third-order valence-electron chi connectivity index (χ3n) is 2.31. The van der Waals surface area contributed by atoms with E-state index < -0.39 is 15.8 Å². The molecule has 0 atom stereocenters. The Kier molecular flexibility index (Phi) is 5.11. The zero-order chi connectivity index (χ0) is 14.5. The number of hydrogen-bond acceptors (Lipinski definition) is 7. The molecule has 0 bridgehead atoms. The quantitative estimate of drug-likeness (QED) is 0.571. The highest BCUT2D eigenvalue weighted by molar-refractivity contribution is 7.90. The first-order valence-corrected chi connectivity index (χ1v) is 7.66. The van der Waals surface area contributed by atoms with Crippen LogP contribution in [0.1, 0.15) is 16.9 Å². The van der Waals surface area contributed by atoms with Gasteiger partial charge in [0.2, 0.25) is 0 Å². The van der Waals surface area contributed by atoms with Crippen molar-refractivity contribution in [2.45, 2.75) is 6.42 Å². The van der Waals surface area contributed by atoms with Crippen molar-refractivity contribution in [1.82, 2.24) is 4.98 Å². The number of sulfone groups is 1. The summed E-state index contributed by atoms with van der Waals surface area (Å²) < 4.78 is 26.5. The van der Waals surface area contributed by atoms with Gasteiger partial charge >= 0.3 is 5.97 Å². The smallest absolute Gasteiger partial charge is 0.356 e. The van der Waals surface area contributed by atoms with Gasteiger partial charge in [-0.2, -0.15) is 0 Å². The summed E-state index contributed by atoms with van der Waals surface area (Å²) in [5.74, 6) is -0.132. The van der Waals surface area contributed by atoms with Crippen LogP contribution in [0, 0.1) is 0 Å². The number of nitrogens with two attached hydrogens (primary N) is 1. The van der Waals surface area contributed by atoms with Crippen LogP contribution in [-0.4, -0.2) is 45.0 Å². The number of rotatable bonds is 6. The topological polar surface area (TPSA) is 111 Å². The highest BCUT2D eigenvalue weighted by Gasteiger charge is 2.10. The van der Waals surface area contributed by atoms with Gasteiger partial charge in [-0.05, 0) is 18.6 Å². The van der Waals surface area contributed by atoms with Crippen LogP contribution in [0.4, 0.5) is 11.5 Å². The first-order chi connectivity index (χ1) is 8.83. The Morgan fingerprint density at radius 2 is 2.16 bits per heavy atom. The van der Waals surface area contributed by atoms with Gasteiger partial charge in [0, 0.05) is 12.8 Å². The number of aromatic nitrogens is 1. The van der Waals surface area contributed by atoms with Crippen LogP contribution in [0.3, 0.4) is 0 Å². The van der Waals surface area contributed by atoms with Crippen LogP contribution in [0.2, 0.25) is 0 Å². The lowest BCUT2D eigenvalue weighted by Crippen LogP contribution is -2.13. The van der Waals surface area contributed by atoms with Crippen molar-refractivity contribution >= 4 is 27.3 Å². The number of methoxy groups -OCH3 is 1. The fourth-order valence-electron chi connectivity index (χ4n) is 1.37. The van der Waals surface area contributed by atoms with Crippen LogP contribution in [0.5, 0.6) is 0 Å². The van der Waals surface area contributed by atoms with Crippen LogP contribution in [0.25, 0.3) is 0 Å². The Hall–Kier alpha value is -1.83. The number of anilines is 2. The van der Waals surface area contributed by atoms with E-state index in [1.807, 2.05) is 0 Å². The summed E-state index contributed by atoms with van der Waals surface area (Å²) in [6.45, 7) is 0.398. The Labute approximate surface area is 112 Å². The molecule has 19 heavy (non-hydrogen) atoms. The van der Waals surface area contributed by atoms with Gasteiger partial charge in [0.25, 0.3) is 0 Å². The van der Waals surface area contributed by atoms with E-state index in [0.29, 0.717) is 24.5 Å². The number of pyridine rings is 1. The molecule has 0 aliphatic heterocycles. The SMILES string of the molecule is COC(=O)c1ccc(N)c(NCCCS(C)(=O)=O)n1. The van der Waals surface area contributed by atoms with Gasteiger partial charge in [-0.25, -0.2) is 18.2 Å². The summed E-state index contributed by atoms with van der Waals surface area (Å²) >= 11 is 0. The molecule has 8 heteroatoms. The minimum absolute atomic E-state index is 0.0800. The summed E-state index contributed by atoms with van der Waals surface area (Å²) in [6.07, 6.45) is 1.61. The van der Waals surface area contributed by atoms with Gasteiger partial charge in [-0.3, -0.25) is 0 Å². The number of ether oxygens (including phenoxy) is 1. The summed E-state index contributed by atoms with van der Waals surface area (Å²) in [5, 5.41) is 2.90. The summed E-state index contributed by atoms with van der Waals surface area (Å²) in [5.41, 5.74) is 6.23. The molecule has 0 radical (unpaired) electrons. The first-order valence-electron chi connectivity index (χ1n) is 5.60. The predicted octanol–water partition coefficient (Wildman–Crippen LogP) is 0.297. The summed E-state index contributed by atoms with van der Waals surface area (Å²) in [7, 11) is -1.72. The van der Waals surface area contributed by atoms with Crippen molar-refractivity contribution in [3.8, 4) is 0 Å². The van der Waals surface area contributed by atoms with E-state index in [0.717, 1.165) is 0 Å². The average Bonchev–Trinajstić information content (AvgIpc) is 2.34. The second-order valence-electron chi connectivity index (χ2n) is 4.04. The molecule has 1 rings (SSSR count). The highest BCUT2D eigenvalue weighted by atomic mass is 32.2. The van der Waals surface area contributed by atoms with Gasteiger partial charge in [-0.1, -0.05) is 0 Å². The number of carbonyl (C=O) groups is 1. The Morgan fingerprint density at radius 1 is 1.47 bits per heavy atom. The minimum atomic E-state index is -2.98. The molecule has 0 saturated carbocycles. The fourth-order valence-corrected chi connectivity index (χ4v) is 2.04. The molecule has 0 fully saturated rings. The van der Waals surface area contributed by atoms with Crippen molar-refractivity contribution in [3.05, 3.63) is 17.8 Å². The van der Waals surface area contributed by atoms with Gasteiger partial charge in [-0.15, -0.1) is 0 Å². The molecule has 0 saturated heterocycles. The van der Waals surface area contributed by atoms with Crippen molar-refractivity contribution < 1.29 is 17.9 Å². The zero-order valence-electron chi connectivity index (χ0n) is 10.8. The van der Waals surface area contributed by atoms with Crippen molar-refractivity contribution in [2.75, 3.05) is 36.7 Å². The number of hydrogen-bond donors (Lipinski definition) is 2. The predicted molar refractivity (Wildman–Crippen MR) is 72.8 cm³/mol. The molecule has 7 nitrogen and oxygen atoms in total. The summed E-state index contributed by atoms with van der Waals surface area (Å²) in [4.78, 5) is 15.3. The molecular formula is C11H17N3O4S. The van der Waals surface area contributed by atoms with E-state index in [1.165, 1.54) is 25.5 Å². The second-order valence-corrected chi connectivity index (χ2v) is 6.30. The van der Waals surface area contributed by atoms with E-state index in [4.69, 9.17) is 5.73 Å². The normalized spacial score (nSPS) is 11.1. The second kappa shape index (κ2) is 6.37. The van der Waals surface area contributed by atoms with E-state index >= 15 is 0 Å². The molecule has 0 aliphatic carbocycles. The molecule has 0 unspecified atom stereocenters. The number of carbonyl (C=O) groups excluding carboxylic acids is 1. The number of nitrogens with one attached hydrogen (secondary N) is 1. The van der Waals surface area contributed by atoms with E-state index in [1.54, 1.807) is 0 Å². The maximum absolute atomic E-state index is 11.3. The fraction of sp³-hybridized carbons (Fsp3) is 0.455. The van der Waals surface area contributed by atoms with Gasteiger partial charge < -0.3 is 15.8 Å². The van der Waals surface area contributed by atoms with Gasteiger partial charge in [0.05, 0.1) is 18.6 Å². The average molecular weight is 287 g/mol. The lowest BCUT2D eigenvalue weighted by atomic mass is 10.3. The molecule has 106 valence electrons. The molecule has 0 aliphatic rings. The lowest BCUT2D eigenvalue weighted by molar-refractivity contribution is 0.0594. The molecule has 1 heterocycles. The number of nitrogens with zero attached hydrogens (tertiary/aromatic N) is 1. The maximum Gasteiger partial charge on any atom is 0.356 e. The van der Waals surface area contributed by atoms with E-state index in [2.05, 4.69) is 15.0 Å². The molecule has 3 N–H and O–H groups in total. The zero-order valence-corrected chi connectivity index (χ0v) is 11.7. The summed E-state index contributed by atoms with van der Waals surface area (Å²) in [6, 6.07) is 3.00. The molecular weight excluding hydrogens is 270 g/mol. The minimum Gasteiger partial charge on any atom is -0.464 e. The molecule has 1 aromatic rings. The third kappa shape index (κ3) is 5.12. The largest absolute Gasteiger partial charge is 0.464 e. The molecule has 0 aromatic carbocycles. The van der Waals surface area contributed by atoms with Gasteiger partial charge in [0.1, 0.15) is 15.7 Å². The van der Waals surface area contributed by atoms with Crippen molar-refractivity contribution in [2.24, 2.45) is 0 Å². The van der Waals surface area contributed by atoms with Gasteiger partial charge in [0.15, 0.2) is 5.69 Å². The highest BCUT2D eigenvalue weighted by Crippen LogP contribution is 2.16. The van der Waals surface area contributed by atoms with E-state index in [-0.39, 0.29) is 11.4 Å². The Balaban J connectivity index is 2.65. The Morgan fingerprint density at radius 3 is 2.74 bits per heavy atom. The number of esters is 1. The van der Waals surface area contributed by atoms with Crippen LogP contribution < -0.4 is 11.1 Å². The molecule has 0 amide bonds. The Bertz CT molecular complexity index is 557. The standard InChI is InChI=1S/C11H17N3O4S/c1-18-11(15)9-5-4-8(12)10(14-9)13-6-3-7-19(2,16)17/h4-5H,3,6-7,12H2,1-2H3,(H,13,14). The number of nitrogen functional groups attached to an aromatic ring is 1. The van der Waals surface area contributed by atoms with E-state index in [9.17, 15) is 13.2 Å². The lowest BCUT2D eigenvalue weighted by Gasteiger charge is -2.09. The van der Waals surface area contributed by atoms with Crippen molar-refractivity contribution in [1.29, 1.82) is 0 Å². The monoisotopic (exact) mass is 287 g/mol. The molecule has 0 spiro atoms. The van der Waals surface area contributed by atoms with Crippen LogP contribution >= 0.6 is 0 Å². The first kappa shape index (κ1) is 15.2.